The van der Waals surface area contributed by atoms with E-state index in [1.54, 1.807) is 17.2 Å². The molecule has 0 bridgehead atoms. The van der Waals surface area contributed by atoms with Crippen molar-refractivity contribution in [2.24, 2.45) is 5.16 Å². The number of nitrogens with one attached hydrogen (secondary N) is 2. The number of carbonyl (C=O) groups excluding carboxylic acids is 3. The number of esters is 1. The summed E-state index contributed by atoms with van der Waals surface area (Å²) >= 11 is 2.67. The van der Waals surface area contributed by atoms with Gasteiger partial charge in [-0.05, 0) is 18.4 Å². The molecule has 2 aliphatic heterocycles. The number of piperazine rings is 1. The van der Waals surface area contributed by atoms with Crippen LogP contribution in [0, 0.1) is 0 Å². The first-order valence-electron chi connectivity index (χ1n) is 11.3. The summed E-state index contributed by atoms with van der Waals surface area (Å²) in [6.45, 7) is 4.18. The topological polar surface area (TPSA) is 151 Å². The summed E-state index contributed by atoms with van der Waals surface area (Å²) in [7, 11) is 1.37. The van der Waals surface area contributed by atoms with Crippen LogP contribution in [0.3, 0.4) is 0 Å². The number of carbonyl (C=O) groups is 3. The van der Waals surface area contributed by atoms with Crippen molar-refractivity contribution in [1.29, 1.82) is 0 Å². The van der Waals surface area contributed by atoms with E-state index < -0.39 is 12.0 Å². The molecule has 0 aromatic carbocycles. The maximum atomic E-state index is 13.1. The highest BCUT2D eigenvalue weighted by molar-refractivity contribution is 7.13. The van der Waals surface area contributed by atoms with Crippen LogP contribution in [0.1, 0.15) is 23.5 Å². The van der Waals surface area contributed by atoms with Gasteiger partial charge in [-0.25, -0.2) is 14.6 Å². The number of amides is 3. The number of nitrogens with zero attached hydrogens (tertiary/aromatic N) is 4. The van der Waals surface area contributed by atoms with Gasteiger partial charge in [0.2, 0.25) is 0 Å². The van der Waals surface area contributed by atoms with Crippen LogP contribution in [0.25, 0.3) is 0 Å². The van der Waals surface area contributed by atoms with Gasteiger partial charge in [0.05, 0.1) is 18.2 Å². The van der Waals surface area contributed by atoms with Crippen molar-refractivity contribution in [2.45, 2.75) is 13.0 Å². The molecule has 2 aliphatic rings. The quantitative estimate of drug-likeness (QED) is 0.260. The summed E-state index contributed by atoms with van der Waals surface area (Å²) in [4.78, 5) is 52.0. The molecule has 2 aromatic rings. The van der Waals surface area contributed by atoms with E-state index in [0.717, 1.165) is 4.88 Å². The second-order valence-electron chi connectivity index (χ2n) is 7.92. The molecule has 3 amide bonds. The number of ether oxygens (including phenoxy) is 1. The number of hydrogen-bond donors (Lipinski definition) is 3. The third-order valence-electron chi connectivity index (χ3n) is 5.67. The molecule has 36 heavy (non-hydrogen) atoms. The van der Waals surface area contributed by atoms with E-state index in [1.165, 1.54) is 29.8 Å². The SMILES string of the molecule is CCOC(=O)C1=C(CN2CCN(C(=O)/C(=N/OC)c3csc(N)n3)CC2)NC(=O)NC1c1cccs1. The van der Waals surface area contributed by atoms with Gasteiger partial charge in [0, 0.05) is 48.7 Å². The van der Waals surface area contributed by atoms with Crippen LogP contribution in [0.2, 0.25) is 0 Å². The molecule has 0 spiro atoms. The average molecular weight is 534 g/mol. The predicted octanol–water partition coefficient (Wildman–Crippen LogP) is 1.15. The van der Waals surface area contributed by atoms with Gasteiger partial charge in [-0.1, -0.05) is 11.2 Å². The second kappa shape index (κ2) is 11.5. The highest BCUT2D eigenvalue weighted by Crippen LogP contribution is 2.31. The lowest BCUT2D eigenvalue weighted by Crippen LogP contribution is -2.53. The second-order valence-corrected chi connectivity index (χ2v) is 9.79. The molecule has 4 N–H and O–H groups in total. The molecule has 4 heterocycles. The first-order chi connectivity index (χ1) is 17.4. The summed E-state index contributed by atoms with van der Waals surface area (Å²) < 4.78 is 5.31. The maximum Gasteiger partial charge on any atom is 0.338 e. The van der Waals surface area contributed by atoms with E-state index in [2.05, 4.69) is 25.7 Å². The number of thiazole rings is 1. The highest BCUT2D eigenvalue weighted by Gasteiger charge is 2.35. The first kappa shape index (κ1) is 25.6. The van der Waals surface area contributed by atoms with Crippen molar-refractivity contribution in [3.8, 4) is 0 Å². The van der Waals surface area contributed by atoms with Crippen LogP contribution in [-0.4, -0.2) is 84.8 Å². The third-order valence-corrected chi connectivity index (χ3v) is 7.28. The Bertz CT molecular complexity index is 1170. The molecular formula is C22H27N7O5S2. The lowest BCUT2D eigenvalue weighted by atomic mass is 10.0. The lowest BCUT2D eigenvalue weighted by Gasteiger charge is -2.36. The first-order valence-corrected chi connectivity index (χ1v) is 13.0. The van der Waals surface area contributed by atoms with E-state index >= 15 is 0 Å². The Morgan fingerprint density at radius 1 is 1.28 bits per heavy atom. The molecule has 1 atom stereocenters. The number of thiophene rings is 1. The zero-order chi connectivity index (χ0) is 25.7. The van der Waals surface area contributed by atoms with E-state index in [9.17, 15) is 14.4 Å². The number of nitrogen functional groups attached to an aromatic ring is 1. The minimum absolute atomic E-state index is 0.0932. The molecule has 1 unspecified atom stereocenters. The number of hydrogen-bond acceptors (Lipinski definition) is 11. The largest absolute Gasteiger partial charge is 0.463 e. The van der Waals surface area contributed by atoms with Crippen molar-refractivity contribution >= 4 is 51.4 Å². The fourth-order valence-electron chi connectivity index (χ4n) is 4.03. The van der Waals surface area contributed by atoms with E-state index in [4.69, 9.17) is 15.3 Å². The lowest BCUT2D eigenvalue weighted by molar-refractivity contribution is -0.139. The monoisotopic (exact) mass is 533 g/mol. The zero-order valence-corrected chi connectivity index (χ0v) is 21.5. The molecule has 14 heteroatoms. The Kier molecular flexibility index (Phi) is 8.18. The van der Waals surface area contributed by atoms with Gasteiger partial charge < -0.3 is 30.8 Å². The van der Waals surface area contributed by atoms with Gasteiger partial charge in [0.1, 0.15) is 12.8 Å². The van der Waals surface area contributed by atoms with Crippen LogP contribution < -0.4 is 16.4 Å². The van der Waals surface area contributed by atoms with Crippen LogP contribution in [-0.2, 0) is 19.2 Å². The van der Waals surface area contributed by atoms with E-state index in [-0.39, 0.29) is 24.3 Å². The summed E-state index contributed by atoms with van der Waals surface area (Å²) in [6.07, 6.45) is 0. The number of anilines is 1. The molecule has 2 aromatic heterocycles. The van der Waals surface area contributed by atoms with E-state index in [1.807, 2.05) is 17.5 Å². The zero-order valence-electron chi connectivity index (χ0n) is 19.9. The highest BCUT2D eigenvalue weighted by atomic mass is 32.1. The third kappa shape index (κ3) is 5.66. The predicted molar refractivity (Wildman–Crippen MR) is 135 cm³/mol. The standard InChI is InChI=1S/C22H27N7O5S2/c1-3-34-20(31)16-13(25-22(32)26-18(16)15-5-4-10-35-15)11-28-6-8-29(9-7-28)19(30)17(27-33-2)14-12-36-21(23)24-14/h4-5,10,12,18H,3,6-9,11H2,1-2H3,(H2,23,24)(H2,25,26,32)/b27-17+. The smallest absolute Gasteiger partial charge is 0.338 e. The number of aromatic nitrogens is 1. The molecule has 0 saturated carbocycles. The Balaban J connectivity index is 1.48. The molecule has 192 valence electrons. The molecule has 4 rings (SSSR count). The Morgan fingerprint density at radius 2 is 2.06 bits per heavy atom. The molecule has 1 fully saturated rings. The van der Waals surface area contributed by atoms with Crippen molar-refractivity contribution in [3.63, 3.8) is 0 Å². The number of rotatable bonds is 8. The van der Waals surface area contributed by atoms with Crippen molar-refractivity contribution in [3.05, 3.63) is 44.7 Å². The van der Waals surface area contributed by atoms with Crippen LogP contribution >= 0.6 is 22.7 Å². The van der Waals surface area contributed by atoms with E-state index in [0.29, 0.717) is 54.8 Å². The van der Waals surface area contributed by atoms with Gasteiger partial charge in [-0.2, -0.15) is 0 Å². The van der Waals surface area contributed by atoms with Gasteiger partial charge in [-0.15, -0.1) is 22.7 Å². The van der Waals surface area contributed by atoms with Gasteiger partial charge in [0.25, 0.3) is 5.91 Å². The normalized spacial score (nSPS) is 19.1. The van der Waals surface area contributed by atoms with Gasteiger partial charge >= 0.3 is 12.0 Å². The fraction of sp³-hybridized carbons (Fsp3) is 0.409. The number of urea groups is 1. The number of oxime groups is 1. The molecule has 0 aliphatic carbocycles. The maximum absolute atomic E-state index is 13.1. The van der Waals surface area contributed by atoms with Crippen LogP contribution in [0.5, 0.6) is 0 Å². The summed E-state index contributed by atoms with van der Waals surface area (Å²) in [5, 5.41) is 13.4. The van der Waals surface area contributed by atoms with Crippen LogP contribution in [0.4, 0.5) is 9.93 Å². The van der Waals surface area contributed by atoms with Crippen LogP contribution in [0.15, 0.2) is 39.3 Å². The summed E-state index contributed by atoms with van der Waals surface area (Å²) in [5.41, 5.74) is 7.05. The van der Waals surface area contributed by atoms with Crippen molar-refractivity contribution in [2.75, 3.05) is 52.2 Å². The van der Waals surface area contributed by atoms with Gasteiger partial charge in [0.15, 0.2) is 10.8 Å². The Hall–Kier alpha value is -3.49. The molecule has 12 nitrogen and oxygen atoms in total. The summed E-state index contributed by atoms with van der Waals surface area (Å²) in [5.74, 6) is -0.781. The summed E-state index contributed by atoms with van der Waals surface area (Å²) in [6, 6.07) is 2.77. The fourth-order valence-corrected chi connectivity index (χ4v) is 5.36. The van der Waals surface area contributed by atoms with Crippen molar-refractivity contribution < 1.29 is 24.0 Å². The Labute approximate surface area is 215 Å². The number of nitrogens with two attached hydrogens (primary N) is 1. The van der Waals surface area contributed by atoms with Gasteiger partial charge in [-0.3, -0.25) is 9.69 Å². The van der Waals surface area contributed by atoms with Crippen molar-refractivity contribution in [1.82, 2.24) is 25.4 Å². The molecule has 0 radical (unpaired) electrons. The molecular weight excluding hydrogens is 506 g/mol. The minimum atomic E-state index is -0.589. The minimum Gasteiger partial charge on any atom is -0.463 e. The average Bonchev–Trinajstić information content (AvgIpc) is 3.54. The molecule has 1 saturated heterocycles. The Morgan fingerprint density at radius 3 is 2.67 bits per heavy atom.